The molecular weight excluding hydrogens is 300 g/mol. The highest BCUT2D eigenvalue weighted by molar-refractivity contribution is 6.08. The number of carbonyl (C=O) groups is 2. The molecule has 0 aliphatic carbocycles. The number of para-hydroxylation sites is 1. The van der Waals surface area contributed by atoms with Gasteiger partial charge in [-0.2, -0.15) is 0 Å². The maximum atomic E-state index is 13.0. The number of benzene rings is 2. The molecule has 2 amide bonds. The second-order valence-corrected chi connectivity index (χ2v) is 6.39. The van der Waals surface area contributed by atoms with Gasteiger partial charge in [-0.05, 0) is 49.1 Å². The van der Waals surface area contributed by atoms with E-state index in [0.29, 0.717) is 12.0 Å². The van der Waals surface area contributed by atoms with Crippen molar-refractivity contribution in [1.29, 1.82) is 0 Å². The second-order valence-electron chi connectivity index (χ2n) is 6.39. The number of hydrogen-bond donors (Lipinski definition) is 0. The molecule has 0 unspecified atom stereocenters. The van der Waals surface area contributed by atoms with Crippen molar-refractivity contribution in [3.05, 3.63) is 59.7 Å². The number of amides is 2. The van der Waals surface area contributed by atoms with Gasteiger partial charge in [0.2, 0.25) is 5.91 Å². The van der Waals surface area contributed by atoms with Crippen LogP contribution < -0.4 is 9.80 Å². The normalized spacial score (nSPS) is 17.1. The Morgan fingerprint density at radius 1 is 0.917 bits per heavy atom. The number of anilines is 2. The van der Waals surface area contributed by atoms with Gasteiger partial charge in [-0.25, -0.2) is 0 Å². The van der Waals surface area contributed by atoms with Crippen molar-refractivity contribution in [2.75, 3.05) is 22.9 Å². The second kappa shape index (κ2) is 6.11. The summed E-state index contributed by atoms with van der Waals surface area (Å²) in [7, 11) is 0. The summed E-state index contributed by atoms with van der Waals surface area (Å²) in [5, 5.41) is 0. The molecule has 0 atom stereocenters. The topological polar surface area (TPSA) is 40.6 Å². The Bertz CT molecular complexity index is 800. The standard InChI is InChI=1S/C20H20N2O2/c23-19-11-5-12-21(19)17-9-3-7-16(14-17)20(24)22-13-4-8-15-6-1-2-10-18(15)22/h1-3,6-7,9-10,14H,4-5,8,11-13H2. The van der Waals surface area contributed by atoms with Gasteiger partial charge in [-0.1, -0.05) is 24.3 Å². The third-order valence-electron chi connectivity index (χ3n) is 4.83. The molecule has 1 fully saturated rings. The number of nitrogens with zero attached hydrogens (tertiary/aromatic N) is 2. The Kier molecular flexibility index (Phi) is 3.81. The number of rotatable bonds is 2. The van der Waals surface area contributed by atoms with E-state index in [1.54, 1.807) is 4.90 Å². The van der Waals surface area contributed by atoms with Crippen molar-refractivity contribution < 1.29 is 9.59 Å². The molecule has 0 saturated carbocycles. The van der Waals surface area contributed by atoms with Gasteiger partial charge in [0.15, 0.2) is 0 Å². The first-order valence-corrected chi connectivity index (χ1v) is 8.54. The van der Waals surface area contributed by atoms with Gasteiger partial charge in [0.1, 0.15) is 0 Å². The maximum Gasteiger partial charge on any atom is 0.258 e. The van der Waals surface area contributed by atoms with Crippen LogP contribution in [0.15, 0.2) is 48.5 Å². The third kappa shape index (κ3) is 2.58. The monoisotopic (exact) mass is 320 g/mol. The van der Waals surface area contributed by atoms with Crippen LogP contribution in [0.25, 0.3) is 0 Å². The fraction of sp³-hybridized carbons (Fsp3) is 0.300. The van der Waals surface area contributed by atoms with Crippen molar-refractivity contribution in [2.45, 2.75) is 25.7 Å². The molecule has 0 N–H and O–H groups in total. The summed E-state index contributed by atoms with van der Waals surface area (Å²) in [6.07, 6.45) is 3.48. The van der Waals surface area contributed by atoms with Crippen LogP contribution in [0, 0.1) is 0 Å². The molecular formula is C20H20N2O2. The average molecular weight is 320 g/mol. The molecule has 0 aromatic heterocycles. The van der Waals surface area contributed by atoms with E-state index in [1.165, 1.54) is 5.56 Å². The number of carbonyl (C=O) groups excluding carboxylic acids is 2. The molecule has 2 aliphatic heterocycles. The molecule has 2 aromatic rings. The molecule has 122 valence electrons. The number of hydrogen-bond acceptors (Lipinski definition) is 2. The lowest BCUT2D eigenvalue weighted by molar-refractivity contribution is -0.117. The van der Waals surface area contributed by atoms with E-state index in [0.717, 1.165) is 43.7 Å². The van der Waals surface area contributed by atoms with Crippen LogP contribution in [0.5, 0.6) is 0 Å². The Morgan fingerprint density at radius 2 is 1.75 bits per heavy atom. The van der Waals surface area contributed by atoms with Gasteiger partial charge in [0.05, 0.1) is 0 Å². The quantitative estimate of drug-likeness (QED) is 0.851. The molecule has 2 aliphatic rings. The van der Waals surface area contributed by atoms with Crippen LogP contribution in [-0.4, -0.2) is 24.9 Å². The van der Waals surface area contributed by atoms with Crippen molar-refractivity contribution in [2.24, 2.45) is 0 Å². The van der Waals surface area contributed by atoms with Crippen molar-refractivity contribution in [3.63, 3.8) is 0 Å². The third-order valence-corrected chi connectivity index (χ3v) is 4.83. The fourth-order valence-corrected chi connectivity index (χ4v) is 3.63. The highest BCUT2D eigenvalue weighted by Gasteiger charge is 2.25. The van der Waals surface area contributed by atoms with E-state index in [9.17, 15) is 9.59 Å². The van der Waals surface area contributed by atoms with E-state index in [4.69, 9.17) is 0 Å². The SMILES string of the molecule is O=C1CCCN1c1cccc(C(=O)N2CCCc3ccccc32)c1. The molecule has 24 heavy (non-hydrogen) atoms. The van der Waals surface area contributed by atoms with Crippen LogP contribution in [0.3, 0.4) is 0 Å². The lowest BCUT2D eigenvalue weighted by Gasteiger charge is -2.29. The van der Waals surface area contributed by atoms with Gasteiger partial charge in [-0.3, -0.25) is 9.59 Å². The highest BCUT2D eigenvalue weighted by Crippen LogP contribution is 2.29. The van der Waals surface area contributed by atoms with E-state index >= 15 is 0 Å². The molecule has 0 bridgehead atoms. The zero-order valence-corrected chi connectivity index (χ0v) is 13.6. The maximum absolute atomic E-state index is 13.0. The predicted molar refractivity (Wildman–Crippen MR) is 94.5 cm³/mol. The van der Waals surface area contributed by atoms with Gasteiger partial charge in [-0.15, -0.1) is 0 Å². The summed E-state index contributed by atoms with van der Waals surface area (Å²) in [5.74, 6) is 0.151. The Morgan fingerprint density at radius 3 is 2.58 bits per heavy atom. The average Bonchev–Trinajstić information content (AvgIpc) is 3.07. The minimum absolute atomic E-state index is 0.00986. The summed E-state index contributed by atoms with van der Waals surface area (Å²) >= 11 is 0. The summed E-state index contributed by atoms with van der Waals surface area (Å²) < 4.78 is 0. The van der Waals surface area contributed by atoms with Crippen molar-refractivity contribution >= 4 is 23.2 Å². The van der Waals surface area contributed by atoms with Crippen molar-refractivity contribution in [1.82, 2.24) is 0 Å². The first-order chi connectivity index (χ1) is 11.7. The summed E-state index contributed by atoms with van der Waals surface area (Å²) in [6.45, 7) is 1.48. The van der Waals surface area contributed by atoms with Crippen LogP contribution in [0.4, 0.5) is 11.4 Å². The molecule has 4 rings (SSSR count). The summed E-state index contributed by atoms with van der Waals surface area (Å²) in [4.78, 5) is 28.6. The first kappa shape index (κ1) is 14.9. The molecule has 4 nitrogen and oxygen atoms in total. The van der Waals surface area contributed by atoms with Crippen LogP contribution in [0.2, 0.25) is 0 Å². The lowest BCUT2D eigenvalue weighted by Crippen LogP contribution is -2.35. The fourth-order valence-electron chi connectivity index (χ4n) is 3.63. The van der Waals surface area contributed by atoms with E-state index in [1.807, 2.05) is 47.4 Å². The van der Waals surface area contributed by atoms with Crippen LogP contribution in [0.1, 0.15) is 35.2 Å². The van der Waals surface area contributed by atoms with E-state index in [2.05, 4.69) is 6.07 Å². The largest absolute Gasteiger partial charge is 0.312 e. The molecule has 1 saturated heterocycles. The van der Waals surface area contributed by atoms with E-state index < -0.39 is 0 Å². The summed E-state index contributed by atoms with van der Waals surface area (Å²) in [5.41, 5.74) is 3.71. The first-order valence-electron chi connectivity index (χ1n) is 8.54. The number of fused-ring (bicyclic) bond motifs is 1. The Hall–Kier alpha value is -2.62. The van der Waals surface area contributed by atoms with Crippen LogP contribution >= 0.6 is 0 Å². The molecule has 2 aromatic carbocycles. The lowest BCUT2D eigenvalue weighted by atomic mass is 10.0. The molecule has 0 radical (unpaired) electrons. The van der Waals surface area contributed by atoms with Crippen molar-refractivity contribution in [3.8, 4) is 0 Å². The van der Waals surface area contributed by atoms with Gasteiger partial charge >= 0.3 is 0 Å². The van der Waals surface area contributed by atoms with Gasteiger partial charge in [0.25, 0.3) is 5.91 Å². The van der Waals surface area contributed by atoms with Gasteiger partial charge in [0, 0.05) is 36.4 Å². The molecule has 4 heteroatoms. The summed E-state index contributed by atoms with van der Waals surface area (Å²) in [6, 6.07) is 15.6. The zero-order chi connectivity index (χ0) is 16.5. The minimum Gasteiger partial charge on any atom is -0.312 e. The smallest absolute Gasteiger partial charge is 0.258 e. The minimum atomic E-state index is 0.00986. The predicted octanol–water partition coefficient (Wildman–Crippen LogP) is 3.41. The van der Waals surface area contributed by atoms with Gasteiger partial charge < -0.3 is 9.80 Å². The molecule has 2 heterocycles. The Balaban J connectivity index is 1.65. The number of aryl methyl sites for hydroxylation is 1. The molecule has 0 spiro atoms. The highest BCUT2D eigenvalue weighted by atomic mass is 16.2. The zero-order valence-electron chi connectivity index (χ0n) is 13.6. The van der Waals surface area contributed by atoms with Crippen LogP contribution in [-0.2, 0) is 11.2 Å². The Labute approximate surface area is 141 Å². The van der Waals surface area contributed by atoms with E-state index in [-0.39, 0.29) is 11.8 Å².